The Bertz CT molecular complexity index is 241. The Kier molecular flexibility index (Phi) is 4.91. The Morgan fingerprint density at radius 3 is 2.21 bits per heavy atom. The molecule has 0 bridgehead atoms. The van der Waals surface area contributed by atoms with E-state index in [2.05, 4.69) is 0 Å². The van der Waals surface area contributed by atoms with Gasteiger partial charge in [-0.15, -0.1) is 0 Å². The average molecular weight is 200 g/mol. The smallest absolute Gasteiger partial charge is 0.309 e. The Morgan fingerprint density at radius 1 is 1.21 bits per heavy atom. The van der Waals surface area contributed by atoms with Crippen LogP contribution in [-0.2, 0) is 9.59 Å². The van der Waals surface area contributed by atoms with Gasteiger partial charge in [0.2, 0.25) is 0 Å². The quantitative estimate of drug-likeness (QED) is 0.642. The summed E-state index contributed by atoms with van der Waals surface area (Å²) >= 11 is 0. The Balaban J connectivity index is 3.79. The molecule has 0 aromatic rings. The molecule has 4 nitrogen and oxygen atoms in total. The van der Waals surface area contributed by atoms with E-state index in [1.165, 1.54) is 0 Å². The molecule has 0 aliphatic heterocycles. The van der Waals surface area contributed by atoms with E-state index in [0.717, 1.165) is 0 Å². The molecule has 0 saturated heterocycles. The van der Waals surface area contributed by atoms with Crippen molar-refractivity contribution in [2.45, 2.75) is 33.1 Å². The summed E-state index contributed by atoms with van der Waals surface area (Å²) in [6, 6.07) is 0. The number of carbonyl (C=O) groups is 2. The van der Waals surface area contributed by atoms with Crippen LogP contribution in [0.1, 0.15) is 33.1 Å². The van der Waals surface area contributed by atoms with Gasteiger partial charge in [-0.05, 0) is 26.7 Å². The molecule has 0 radical (unpaired) electrons. The molecule has 0 amide bonds. The van der Waals surface area contributed by atoms with Gasteiger partial charge < -0.3 is 10.2 Å². The first-order valence-electron chi connectivity index (χ1n) is 4.46. The summed E-state index contributed by atoms with van der Waals surface area (Å²) in [4.78, 5) is 20.8. The fourth-order valence-corrected chi connectivity index (χ4v) is 0.853. The molecular formula is C10H16O4. The fourth-order valence-electron chi connectivity index (χ4n) is 0.853. The zero-order chi connectivity index (χ0) is 11.2. The van der Waals surface area contributed by atoms with Gasteiger partial charge in [0.25, 0.3) is 0 Å². The maximum atomic E-state index is 10.7. The summed E-state index contributed by atoms with van der Waals surface area (Å²) in [6.45, 7) is 3.31. The first kappa shape index (κ1) is 12.7. The summed E-state index contributed by atoms with van der Waals surface area (Å²) in [5.74, 6) is -1.71. The van der Waals surface area contributed by atoms with Crippen LogP contribution in [0.2, 0.25) is 0 Å². The molecule has 0 rings (SSSR count). The molecule has 0 atom stereocenters. The lowest BCUT2D eigenvalue weighted by molar-refractivity contribution is -0.147. The predicted octanol–water partition coefficient (Wildman–Crippen LogP) is 1.91. The van der Waals surface area contributed by atoms with E-state index in [-0.39, 0.29) is 6.42 Å². The first-order chi connectivity index (χ1) is 6.36. The lowest BCUT2D eigenvalue weighted by atomic mass is 9.88. The van der Waals surface area contributed by atoms with Crippen LogP contribution in [0.25, 0.3) is 0 Å². The topological polar surface area (TPSA) is 74.6 Å². The van der Waals surface area contributed by atoms with Crippen LogP contribution in [0.15, 0.2) is 12.2 Å². The van der Waals surface area contributed by atoms with E-state index in [1.54, 1.807) is 26.0 Å². The molecular weight excluding hydrogens is 184 g/mol. The number of rotatable bonds is 6. The maximum Gasteiger partial charge on any atom is 0.309 e. The van der Waals surface area contributed by atoms with E-state index < -0.39 is 17.4 Å². The van der Waals surface area contributed by atoms with Gasteiger partial charge in [-0.1, -0.05) is 12.2 Å². The fraction of sp³-hybridized carbons (Fsp3) is 0.600. The molecule has 0 aromatic carbocycles. The molecule has 0 heterocycles. The zero-order valence-electron chi connectivity index (χ0n) is 8.49. The first-order valence-corrected chi connectivity index (χ1v) is 4.46. The van der Waals surface area contributed by atoms with Gasteiger partial charge >= 0.3 is 11.9 Å². The number of aliphatic carboxylic acids is 2. The van der Waals surface area contributed by atoms with E-state index in [1.807, 2.05) is 0 Å². The molecule has 0 saturated carbocycles. The van der Waals surface area contributed by atoms with Crippen molar-refractivity contribution in [3.63, 3.8) is 0 Å². The highest BCUT2D eigenvalue weighted by molar-refractivity contribution is 5.73. The van der Waals surface area contributed by atoms with Crippen LogP contribution >= 0.6 is 0 Å². The zero-order valence-corrected chi connectivity index (χ0v) is 8.49. The monoisotopic (exact) mass is 200 g/mol. The van der Waals surface area contributed by atoms with Gasteiger partial charge in [-0.3, -0.25) is 9.59 Å². The molecule has 0 aliphatic rings. The van der Waals surface area contributed by atoms with Gasteiger partial charge in [0.15, 0.2) is 0 Å². The molecule has 0 aromatic heterocycles. The number of carboxylic acids is 2. The van der Waals surface area contributed by atoms with Crippen LogP contribution in [-0.4, -0.2) is 22.2 Å². The van der Waals surface area contributed by atoms with Gasteiger partial charge in [0.1, 0.15) is 0 Å². The number of allylic oxidation sites excluding steroid dienone is 1. The minimum atomic E-state index is -0.876. The largest absolute Gasteiger partial charge is 0.481 e. The molecule has 4 heteroatoms. The second-order valence-electron chi connectivity index (χ2n) is 3.80. The average Bonchev–Trinajstić information content (AvgIpc) is 2.02. The van der Waals surface area contributed by atoms with Crippen LogP contribution < -0.4 is 0 Å². The standard InChI is InChI=1S/C10H16O4/c1-10(2,9(13)14)7-5-3-4-6-8(11)12/h3-4H,5-7H2,1-2H3,(H,11,12)(H,13,14). The van der Waals surface area contributed by atoms with Crippen molar-refractivity contribution in [3.8, 4) is 0 Å². The van der Waals surface area contributed by atoms with Crippen molar-refractivity contribution < 1.29 is 19.8 Å². The maximum absolute atomic E-state index is 10.7. The second-order valence-corrected chi connectivity index (χ2v) is 3.80. The van der Waals surface area contributed by atoms with Gasteiger partial charge in [-0.25, -0.2) is 0 Å². The van der Waals surface area contributed by atoms with Crippen molar-refractivity contribution in [1.29, 1.82) is 0 Å². The van der Waals surface area contributed by atoms with Crippen LogP contribution in [0, 0.1) is 5.41 Å². The summed E-state index contributed by atoms with van der Waals surface area (Å²) in [6.07, 6.45) is 4.34. The third kappa shape index (κ3) is 5.35. The predicted molar refractivity (Wildman–Crippen MR) is 52.0 cm³/mol. The minimum Gasteiger partial charge on any atom is -0.481 e. The number of hydrogen-bond acceptors (Lipinski definition) is 2. The van der Waals surface area contributed by atoms with Crippen molar-refractivity contribution in [2.24, 2.45) is 5.41 Å². The Labute approximate surface area is 83.2 Å². The molecule has 0 aliphatic carbocycles. The van der Waals surface area contributed by atoms with E-state index in [4.69, 9.17) is 10.2 Å². The summed E-state index contributed by atoms with van der Waals surface area (Å²) in [7, 11) is 0. The van der Waals surface area contributed by atoms with Crippen molar-refractivity contribution in [1.82, 2.24) is 0 Å². The Morgan fingerprint density at radius 2 is 1.79 bits per heavy atom. The number of hydrogen-bond donors (Lipinski definition) is 2. The lowest BCUT2D eigenvalue weighted by Crippen LogP contribution is -2.23. The van der Waals surface area contributed by atoms with Gasteiger partial charge in [0.05, 0.1) is 11.8 Å². The molecule has 0 spiro atoms. The third-order valence-corrected chi connectivity index (χ3v) is 1.97. The highest BCUT2D eigenvalue weighted by atomic mass is 16.4. The highest BCUT2D eigenvalue weighted by Crippen LogP contribution is 2.22. The summed E-state index contributed by atoms with van der Waals surface area (Å²) in [5, 5.41) is 17.1. The van der Waals surface area contributed by atoms with Crippen LogP contribution in [0.3, 0.4) is 0 Å². The lowest BCUT2D eigenvalue weighted by Gasteiger charge is -2.17. The van der Waals surface area contributed by atoms with E-state index in [0.29, 0.717) is 12.8 Å². The van der Waals surface area contributed by atoms with Crippen molar-refractivity contribution in [3.05, 3.63) is 12.2 Å². The third-order valence-electron chi connectivity index (χ3n) is 1.97. The molecule has 2 N–H and O–H groups in total. The van der Waals surface area contributed by atoms with Gasteiger partial charge in [-0.2, -0.15) is 0 Å². The SMILES string of the molecule is CC(C)(CCC=CCC(=O)O)C(=O)O. The normalized spacial score (nSPS) is 11.9. The van der Waals surface area contributed by atoms with Gasteiger partial charge in [0, 0.05) is 0 Å². The molecule has 0 unspecified atom stereocenters. The minimum absolute atomic E-state index is 0.00645. The Hall–Kier alpha value is -1.32. The van der Waals surface area contributed by atoms with E-state index >= 15 is 0 Å². The summed E-state index contributed by atoms with van der Waals surface area (Å²) in [5.41, 5.74) is -0.742. The second kappa shape index (κ2) is 5.42. The summed E-state index contributed by atoms with van der Waals surface area (Å²) < 4.78 is 0. The molecule has 14 heavy (non-hydrogen) atoms. The number of carboxylic acid groups (broad SMARTS) is 2. The van der Waals surface area contributed by atoms with Crippen LogP contribution in [0.5, 0.6) is 0 Å². The highest BCUT2D eigenvalue weighted by Gasteiger charge is 2.25. The van der Waals surface area contributed by atoms with Crippen molar-refractivity contribution >= 4 is 11.9 Å². The molecule has 80 valence electrons. The van der Waals surface area contributed by atoms with Crippen molar-refractivity contribution in [2.75, 3.05) is 0 Å². The molecule has 0 fully saturated rings. The van der Waals surface area contributed by atoms with Crippen LogP contribution in [0.4, 0.5) is 0 Å². The van der Waals surface area contributed by atoms with E-state index in [9.17, 15) is 9.59 Å².